The van der Waals surface area contributed by atoms with Gasteiger partial charge in [0.25, 0.3) is 0 Å². The zero-order valence-corrected chi connectivity index (χ0v) is 10.8. The van der Waals surface area contributed by atoms with Gasteiger partial charge in [-0.25, -0.2) is 4.79 Å². The number of carbonyl (C=O) groups is 2. The van der Waals surface area contributed by atoms with Gasteiger partial charge in [-0.2, -0.15) is 0 Å². The number of rotatable bonds is 8. The van der Waals surface area contributed by atoms with Crippen LogP contribution in [0.15, 0.2) is 0 Å². The van der Waals surface area contributed by atoms with Crippen molar-refractivity contribution in [2.24, 2.45) is 5.92 Å². The predicted octanol–water partition coefficient (Wildman–Crippen LogP) is 0.348. The summed E-state index contributed by atoms with van der Waals surface area (Å²) in [5.41, 5.74) is 0. The number of aliphatic carboxylic acids is 1. The molecule has 1 atom stereocenters. The van der Waals surface area contributed by atoms with Crippen LogP contribution in [-0.4, -0.2) is 55.2 Å². The van der Waals surface area contributed by atoms with Gasteiger partial charge in [-0.3, -0.25) is 4.79 Å². The third-order valence-electron chi connectivity index (χ3n) is 2.37. The Kier molecular flexibility index (Phi) is 8.13. The normalized spacial score (nSPS) is 11.9. The standard InChI is InChI=1S/C11H23N3O3/c1-4-12-6-5-7-13-11(17)14(3)8-9(2)10(15)16/h9,12H,4-8H2,1-3H3,(H,13,17)(H,15,16). The highest BCUT2D eigenvalue weighted by Gasteiger charge is 2.16. The van der Waals surface area contributed by atoms with Crippen LogP contribution < -0.4 is 10.6 Å². The number of urea groups is 1. The molecule has 0 rings (SSSR count). The number of nitrogens with one attached hydrogen (secondary N) is 2. The Morgan fingerprint density at radius 2 is 2.00 bits per heavy atom. The molecule has 0 saturated heterocycles. The van der Waals surface area contributed by atoms with Gasteiger partial charge in [0.15, 0.2) is 0 Å². The number of hydrogen-bond acceptors (Lipinski definition) is 3. The van der Waals surface area contributed by atoms with E-state index in [1.807, 2.05) is 6.92 Å². The fourth-order valence-corrected chi connectivity index (χ4v) is 1.29. The highest BCUT2D eigenvalue weighted by atomic mass is 16.4. The van der Waals surface area contributed by atoms with Crippen molar-refractivity contribution in [3.8, 4) is 0 Å². The Hall–Kier alpha value is -1.30. The molecule has 0 aromatic carbocycles. The lowest BCUT2D eigenvalue weighted by Gasteiger charge is -2.19. The molecule has 2 amide bonds. The van der Waals surface area contributed by atoms with E-state index in [0.29, 0.717) is 6.54 Å². The zero-order chi connectivity index (χ0) is 13.3. The lowest BCUT2D eigenvalue weighted by molar-refractivity contribution is -0.141. The molecule has 0 aliphatic carbocycles. The Labute approximate surface area is 102 Å². The largest absolute Gasteiger partial charge is 0.481 e. The first-order valence-electron chi connectivity index (χ1n) is 5.91. The van der Waals surface area contributed by atoms with Gasteiger partial charge in [0.2, 0.25) is 0 Å². The predicted molar refractivity (Wildman–Crippen MR) is 66.0 cm³/mol. The fraction of sp³-hybridized carbons (Fsp3) is 0.818. The second-order valence-electron chi connectivity index (χ2n) is 4.06. The minimum atomic E-state index is -0.892. The third kappa shape index (κ3) is 7.57. The highest BCUT2D eigenvalue weighted by molar-refractivity contribution is 5.75. The minimum Gasteiger partial charge on any atom is -0.481 e. The second kappa shape index (κ2) is 8.81. The number of amides is 2. The van der Waals surface area contributed by atoms with Gasteiger partial charge in [0.05, 0.1) is 5.92 Å². The highest BCUT2D eigenvalue weighted by Crippen LogP contribution is 1.98. The van der Waals surface area contributed by atoms with Gasteiger partial charge in [0, 0.05) is 20.1 Å². The Bertz CT molecular complexity index is 246. The molecule has 17 heavy (non-hydrogen) atoms. The van der Waals surface area contributed by atoms with Crippen molar-refractivity contribution in [2.45, 2.75) is 20.3 Å². The van der Waals surface area contributed by atoms with Crippen LogP contribution in [0, 0.1) is 5.92 Å². The number of carboxylic acids is 1. The monoisotopic (exact) mass is 245 g/mol. The maximum Gasteiger partial charge on any atom is 0.317 e. The topological polar surface area (TPSA) is 81.7 Å². The lowest BCUT2D eigenvalue weighted by atomic mass is 10.2. The van der Waals surface area contributed by atoms with Crippen molar-refractivity contribution >= 4 is 12.0 Å². The molecule has 0 heterocycles. The molecule has 0 spiro atoms. The van der Waals surface area contributed by atoms with Crippen LogP contribution >= 0.6 is 0 Å². The molecule has 0 radical (unpaired) electrons. The smallest absolute Gasteiger partial charge is 0.317 e. The summed E-state index contributed by atoms with van der Waals surface area (Å²) >= 11 is 0. The second-order valence-corrected chi connectivity index (χ2v) is 4.06. The SMILES string of the molecule is CCNCCCNC(=O)N(C)CC(C)C(=O)O. The molecule has 6 nitrogen and oxygen atoms in total. The first-order valence-corrected chi connectivity index (χ1v) is 5.91. The Balaban J connectivity index is 3.71. The summed E-state index contributed by atoms with van der Waals surface area (Å²) in [5, 5.41) is 14.6. The molecule has 0 aromatic heterocycles. The average molecular weight is 245 g/mol. The van der Waals surface area contributed by atoms with Gasteiger partial charge in [-0.05, 0) is 19.5 Å². The van der Waals surface area contributed by atoms with Crippen LogP contribution in [0.3, 0.4) is 0 Å². The van der Waals surface area contributed by atoms with Crippen molar-refractivity contribution in [1.82, 2.24) is 15.5 Å². The van der Waals surface area contributed by atoms with Crippen LogP contribution in [0.1, 0.15) is 20.3 Å². The average Bonchev–Trinajstić information content (AvgIpc) is 2.28. The maximum absolute atomic E-state index is 11.5. The molecular weight excluding hydrogens is 222 g/mol. The van der Waals surface area contributed by atoms with E-state index in [1.54, 1.807) is 14.0 Å². The summed E-state index contributed by atoms with van der Waals surface area (Å²) in [6, 6.07) is -0.227. The van der Waals surface area contributed by atoms with Crippen molar-refractivity contribution in [1.29, 1.82) is 0 Å². The molecule has 3 N–H and O–H groups in total. The van der Waals surface area contributed by atoms with Crippen LogP contribution in [0.5, 0.6) is 0 Å². The summed E-state index contributed by atoms with van der Waals surface area (Å²) in [4.78, 5) is 23.6. The van der Waals surface area contributed by atoms with E-state index >= 15 is 0 Å². The third-order valence-corrected chi connectivity index (χ3v) is 2.37. The first kappa shape index (κ1) is 15.7. The summed E-state index contributed by atoms with van der Waals surface area (Å²) in [7, 11) is 1.60. The van der Waals surface area contributed by atoms with Crippen molar-refractivity contribution in [2.75, 3.05) is 33.2 Å². The molecule has 0 aliphatic rings. The van der Waals surface area contributed by atoms with E-state index < -0.39 is 11.9 Å². The molecule has 1 unspecified atom stereocenters. The van der Waals surface area contributed by atoms with Crippen LogP contribution in [0.4, 0.5) is 4.79 Å². The van der Waals surface area contributed by atoms with E-state index in [4.69, 9.17) is 5.11 Å². The van der Waals surface area contributed by atoms with E-state index in [0.717, 1.165) is 19.5 Å². The molecule has 100 valence electrons. The summed E-state index contributed by atoms with van der Waals surface area (Å²) < 4.78 is 0. The van der Waals surface area contributed by atoms with Crippen molar-refractivity contribution < 1.29 is 14.7 Å². The van der Waals surface area contributed by atoms with Gasteiger partial charge in [0.1, 0.15) is 0 Å². The molecule has 0 aliphatic heterocycles. The van der Waals surface area contributed by atoms with Crippen LogP contribution in [-0.2, 0) is 4.79 Å². The quantitative estimate of drug-likeness (QED) is 0.539. The number of nitrogens with zero attached hydrogens (tertiary/aromatic N) is 1. The molecule has 0 fully saturated rings. The van der Waals surface area contributed by atoms with E-state index in [2.05, 4.69) is 10.6 Å². The first-order chi connectivity index (χ1) is 7.99. The van der Waals surface area contributed by atoms with Crippen molar-refractivity contribution in [3.05, 3.63) is 0 Å². The maximum atomic E-state index is 11.5. The van der Waals surface area contributed by atoms with E-state index in [-0.39, 0.29) is 12.6 Å². The van der Waals surface area contributed by atoms with Gasteiger partial charge >= 0.3 is 12.0 Å². The van der Waals surface area contributed by atoms with Gasteiger partial charge in [-0.15, -0.1) is 0 Å². The van der Waals surface area contributed by atoms with E-state index in [1.165, 1.54) is 4.90 Å². The van der Waals surface area contributed by atoms with Crippen LogP contribution in [0.2, 0.25) is 0 Å². The Morgan fingerprint density at radius 3 is 2.53 bits per heavy atom. The summed E-state index contributed by atoms with van der Waals surface area (Å²) in [5.74, 6) is -1.44. The molecule has 0 aromatic rings. The van der Waals surface area contributed by atoms with E-state index in [9.17, 15) is 9.59 Å². The number of carbonyl (C=O) groups excluding carboxylic acids is 1. The Morgan fingerprint density at radius 1 is 1.35 bits per heavy atom. The fourth-order valence-electron chi connectivity index (χ4n) is 1.29. The molecule has 6 heteroatoms. The summed E-state index contributed by atoms with van der Waals surface area (Å²) in [6.07, 6.45) is 0.863. The molecule has 0 saturated carbocycles. The van der Waals surface area contributed by atoms with Crippen LogP contribution in [0.25, 0.3) is 0 Å². The lowest BCUT2D eigenvalue weighted by Crippen LogP contribution is -2.41. The molecular formula is C11H23N3O3. The summed E-state index contributed by atoms with van der Waals surface area (Å²) in [6.45, 7) is 6.21. The van der Waals surface area contributed by atoms with Gasteiger partial charge in [-0.1, -0.05) is 13.8 Å². The molecule has 0 bridgehead atoms. The number of carboxylic acid groups (broad SMARTS) is 1. The minimum absolute atomic E-state index is 0.217. The van der Waals surface area contributed by atoms with Gasteiger partial charge < -0.3 is 20.6 Å². The number of hydrogen-bond donors (Lipinski definition) is 3. The zero-order valence-electron chi connectivity index (χ0n) is 10.8. The van der Waals surface area contributed by atoms with Crippen molar-refractivity contribution in [3.63, 3.8) is 0 Å².